The number of carbonyl (C=O) groups is 1. The molecule has 10 heteroatoms. The van der Waals surface area contributed by atoms with Crippen LogP contribution in [0.5, 0.6) is 0 Å². The van der Waals surface area contributed by atoms with E-state index in [1.165, 1.54) is 28.6 Å². The SMILES string of the molecule is Cc1noc(C)c1S(=O)(=O)N1CCN(C(C(=O)Nc2ccc(F)cc2)c2ccccc2)CC1. The smallest absolute Gasteiger partial charge is 0.248 e. The van der Waals surface area contributed by atoms with E-state index in [2.05, 4.69) is 10.5 Å². The molecule has 1 aliphatic rings. The Morgan fingerprint density at radius 1 is 1.03 bits per heavy atom. The summed E-state index contributed by atoms with van der Waals surface area (Å²) >= 11 is 0. The Labute approximate surface area is 192 Å². The Morgan fingerprint density at radius 3 is 2.24 bits per heavy atom. The number of nitrogens with zero attached hydrogens (tertiary/aromatic N) is 3. The van der Waals surface area contributed by atoms with Gasteiger partial charge in [-0.15, -0.1) is 0 Å². The number of sulfonamides is 1. The molecule has 1 unspecified atom stereocenters. The summed E-state index contributed by atoms with van der Waals surface area (Å²) < 4.78 is 46.0. The first-order valence-corrected chi connectivity index (χ1v) is 12.0. The van der Waals surface area contributed by atoms with Crippen molar-refractivity contribution < 1.29 is 22.1 Å². The highest BCUT2D eigenvalue weighted by Crippen LogP contribution is 2.28. The lowest BCUT2D eigenvalue weighted by Crippen LogP contribution is -2.51. The van der Waals surface area contributed by atoms with Gasteiger partial charge in [-0.2, -0.15) is 4.31 Å². The molecule has 1 fully saturated rings. The summed E-state index contributed by atoms with van der Waals surface area (Å²) in [4.78, 5) is 15.3. The fourth-order valence-electron chi connectivity index (χ4n) is 4.08. The van der Waals surface area contributed by atoms with E-state index in [-0.39, 0.29) is 35.5 Å². The summed E-state index contributed by atoms with van der Waals surface area (Å²) in [6, 6.07) is 14.2. The summed E-state index contributed by atoms with van der Waals surface area (Å²) in [6.07, 6.45) is 0. The maximum atomic E-state index is 13.3. The fraction of sp³-hybridized carbons (Fsp3) is 0.304. The largest absolute Gasteiger partial charge is 0.360 e. The van der Waals surface area contributed by atoms with Crippen LogP contribution >= 0.6 is 0 Å². The third-order valence-corrected chi connectivity index (χ3v) is 7.82. The maximum Gasteiger partial charge on any atom is 0.248 e. The number of amides is 1. The van der Waals surface area contributed by atoms with Crippen molar-refractivity contribution in [3.05, 3.63) is 77.4 Å². The zero-order chi connectivity index (χ0) is 23.6. The van der Waals surface area contributed by atoms with Crippen molar-refractivity contribution in [2.24, 2.45) is 0 Å². The van der Waals surface area contributed by atoms with Gasteiger partial charge in [0.15, 0.2) is 5.76 Å². The molecule has 8 nitrogen and oxygen atoms in total. The quantitative estimate of drug-likeness (QED) is 0.592. The molecule has 0 saturated carbocycles. The van der Waals surface area contributed by atoms with E-state index >= 15 is 0 Å². The molecule has 1 aliphatic heterocycles. The van der Waals surface area contributed by atoms with Crippen molar-refractivity contribution in [3.63, 3.8) is 0 Å². The lowest BCUT2D eigenvalue weighted by atomic mass is 10.0. The molecule has 174 valence electrons. The molecule has 0 radical (unpaired) electrons. The molecule has 1 saturated heterocycles. The Kier molecular flexibility index (Phi) is 6.59. The summed E-state index contributed by atoms with van der Waals surface area (Å²) in [6.45, 7) is 4.34. The third-order valence-electron chi connectivity index (χ3n) is 5.68. The molecule has 2 aromatic carbocycles. The highest BCUT2D eigenvalue weighted by Gasteiger charge is 2.36. The predicted molar refractivity (Wildman–Crippen MR) is 121 cm³/mol. The van der Waals surface area contributed by atoms with E-state index in [0.29, 0.717) is 24.5 Å². The molecule has 0 aliphatic carbocycles. The number of rotatable bonds is 6. The number of hydrogen-bond donors (Lipinski definition) is 1. The lowest BCUT2D eigenvalue weighted by Gasteiger charge is -2.38. The van der Waals surface area contributed by atoms with Gasteiger partial charge >= 0.3 is 0 Å². The van der Waals surface area contributed by atoms with Gasteiger partial charge in [-0.3, -0.25) is 9.69 Å². The van der Waals surface area contributed by atoms with Crippen molar-refractivity contribution in [2.45, 2.75) is 24.8 Å². The zero-order valence-electron chi connectivity index (χ0n) is 18.4. The van der Waals surface area contributed by atoms with Gasteiger partial charge < -0.3 is 9.84 Å². The first kappa shape index (κ1) is 23.1. The van der Waals surface area contributed by atoms with E-state index in [1.807, 2.05) is 35.2 Å². The minimum atomic E-state index is -3.75. The Morgan fingerprint density at radius 2 is 1.67 bits per heavy atom. The highest BCUT2D eigenvalue weighted by molar-refractivity contribution is 7.89. The van der Waals surface area contributed by atoms with Crippen LogP contribution in [0.2, 0.25) is 0 Å². The molecule has 1 atom stereocenters. The number of aryl methyl sites for hydroxylation is 2. The normalized spacial score (nSPS) is 16.5. The number of halogens is 1. The summed E-state index contributed by atoms with van der Waals surface area (Å²) in [5.41, 5.74) is 1.61. The number of piperazine rings is 1. The van der Waals surface area contributed by atoms with Gasteiger partial charge in [0, 0.05) is 31.9 Å². The van der Waals surface area contributed by atoms with E-state index < -0.39 is 16.1 Å². The molecule has 33 heavy (non-hydrogen) atoms. The third kappa shape index (κ3) is 4.82. The average molecular weight is 473 g/mol. The van der Waals surface area contributed by atoms with Crippen LogP contribution in [0.1, 0.15) is 23.1 Å². The Bertz CT molecular complexity index is 1200. The van der Waals surface area contributed by atoms with Gasteiger partial charge in [0.05, 0.1) is 0 Å². The average Bonchev–Trinajstić information content (AvgIpc) is 3.15. The van der Waals surface area contributed by atoms with Gasteiger partial charge in [-0.05, 0) is 43.7 Å². The van der Waals surface area contributed by atoms with E-state index in [9.17, 15) is 17.6 Å². The van der Waals surface area contributed by atoms with Gasteiger partial charge in [-0.1, -0.05) is 35.5 Å². The number of benzene rings is 2. The van der Waals surface area contributed by atoms with Gasteiger partial charge in [0.1, 0.15) is 22.4 Å². The highest BCUT2D eigenvalue weighted by atomic mass is 32.2. The van der Waals surface area contributed by atoms with Crippen molar-refractivity contribution in [1.29, 1.82) is 0 Å². The molecular weight excluding hydrogens is 447 g/mol. The van der Waals surface area contributed by atoms with Crippen LogP contribution in [0.3, 0.4) is 0 Å². The van der Waals surface area contributed by atoms with Crippen molar-refractivity contribution in [3.8, 4) is 0 Å². The van der Waals surface area contributed by atoms with Crippen LogP contribution in [0.25, 0.3) is 0 Å². The fourth-order valence-corrected chi connectivity index (χ4v) is 5.79. The summed E-state index contributed by atoms with van der Waals surface area (Å²) in [5, 5.41) is 6.60. The molecule has 1 aromatic heterocycles. The maximum absolute atomic E-state index is 13.3. The van der Waals surface area contributed by atoms with E-state index in [1.54, 1.807) is 13.8 Å². The standard InChI is InChI=1S/C23H25FN4O4S/c1-16-22(17(2)32-26-16)33(30,31)28-14-12-27(13-15-28)21(18-6-4-3-5-7-18)23(29)25-20-10-8-19(24)9-11-20/h3-11,21H,12-15H2,1-2H3,(H,25,29). The topological polar surface area (TPSA) is 95.8 Å². The zero-order valence-corrected chi connectivity index (χ0v) is 19.2. The second-order valence-corrected chi connectivity index (χ2v) is 9.78. The van der Waals surface area contributed by atoms with Crippen molar-refractivity contribution >= 4 is 21.6 Å². The van der Waals surface area contributed by atoms with Crippen LogP contribution in [-0.4, -0.2) is 54.9 Å². The number of hydrogen-bond acceptors (Lipinski definition) is 6. The Hall–Kier alpha value is -3.08. The second kappa shape index (κ2) is 9.42. The van der Waals surface area contributed by atoms with Crippen LogP contribution in [0, 0.1) is 19.7 Å². The van der Waals surface area contributed by atoms with Crippen LogP contribution in [0.4, 0.5) is 10.1 Å². The summed E-state index contributed by atoms with van der Waals surface area (Å²) in [7, 11) is -3.75. The first-order chi connectivity index (χ1) is 15.8. The van der Waals surface area contributed by atoms with Gasteiger partial charge in [0.25, 0.3) is 0 Å². The number of aromatic nitrogens is 1. The Balaban J connectivity index is 1.53. The number of carbonyl (C=O) groups excluding carboxylic acids is 1. The van der Waals surface area contributed by atoms with E-state index in [0.717, 1.165) is 5.56 Å². The second-order valence-electron chi connectivity index (χ2n) is 7.90. The molecule has 0 spiro atoms. The minimum absolute atomic E-state index is 0.101. The molecule has 3 aromatic rings. The van der Waals surface area contributed by atoms with Crippen LogP contribution in [0.15, 0.2) is 64.0 Å². The molecule has 4 rings (SSSR count). The monoisotopic (exact) mass is 472 g/mol. The summed E-state index contributed by atoms with van der Waals surface area (Å²) in [5.74, 6) is -0.395. The predicted octanol–water partition coefficient (Wildman–Crippen LogP) is 3.12. The van der Waals surface area contributed by atoms with Crippen molar-refractivity contribution in [2.75, 3.05) is 31.5 Å². The molecular formula is C23H25FN4O4S. The van der Waals surface area contributed by atoms with Crippen LogP contribution < -0.4 is 5.32 Å². The molecule has 0 bridgehead atoms. The lowest BCUT2D eigenvalue weighted by molar-refractivity contribution is -0.122. The number of anilines is 1. The number of nitrogens with one attached hydrogen (secondary N) is 1. The van der Waals surface area contributed by atoms with Gasteiger partial charge in [0.2, 0.25) is 15.9 Å². The molecule has 1 amide bonds. The first-order valence-electron chi connectivity index (χ1n) is 10.6. The van der Waals surface area contributed by atoms with E-state index in [4.69, 9.17) is 4.52 Å². The van der Waals surface area contributed by atoms with Crippen LogP contribution in [-0.2, 0) is 14.8 Å². The molecule has 1 N–H and O–H groups in total. The van der Waals surface area contributed by atoms with Gasteiger partial charge in [-0.25, -0.2) is 12.8 Å². The van der Waals surface area contributed by atoms with Crippen molar-refractivity contribution in [1.82, 2.24) is 14.4 Å². The molecule has 2 heterocycles. The minimum Gasteiger partial charge on any atom is -0.360 e.